The van der Waals surface area contributed by atoms with Crippen molar-refractivity contribution in [1.29, 1.82) is 0 Å². The van der Waals surface area contributed by atoms with Crippen LogP contribution in [0.3, 0.4) is 0 Å². The van der Waals surface area contributed by atoms with Crippen molar-refractivity contribution in [2.75, 3.05) is 19.1 Å². The van der Waals surface area contributed by atoms with E-state index < -0.39 is 34.7 Å². The van der Waals surface area contributed by atoms with Gasteiger partial charge in [0, 0.05) is 0 Å². The van der Waals surface area contributed by atoms with Crippen LogP contribution in [0, 0.1) is 0 Å². The van der Waals surface area contributed by atoms with Gasteiger partial charge in [0.15, 0.2) is 0 Å². The van der Waals surface area contributed by atoms with E-state index in [0.29, 0.717) is 0 Å². The summed E-state index contributed by atoms with van der Waals surface area (Å²) < 4.78 is 28.8. The van der Waals surface area contributed by atoms with Crippen LogP contribution in [-0.2, 0) is 10.1 Å². The number of aliphatic hydroxyl groups is 2. The van der Waals surface area contributed by atoms with Gasteiger partial charge in [-0.15, -0.1) is 0 Å². The van der Waals surface area contributed by atoms with Crippen molar-refractivity contribution in [2.45, 2.75) is 12.5 Å². The fourth-order valence-corrected chi connectivity index (χ4v) is 0.958. The molecular formula is C5H14NNaO5S. The maximum atomic E-state index is 10.2. The van der Waals surface area contributed by atoms with Gasteiger partial charge in [0.25, 0.3) is 10.1 Å². The third-order valence-corrected chi connectivity index (χ3v) is 1.89. The van der Waals surface area contributed by atoms with E-state index in [-0.39, 0.29) is 29.6 Å². The Bertz CT molecular complexity index is 225. The van der Waals surface area contributed by atoms with Crippen molar-refractivity contribution in [3.63, 3.8) is 0 Å². The first-order chi connectivity index (χ1) is 5.33. The minimum atomic E-state index is -4.11. The molecule has 6 nitrogen and oxygen atoms in total. The van der Waals surface area contributed by atoms with E-state index in [4.69, 9.17) is 14.8 Å². The molecule has 8 heteroatoms. The molecule has 0 radical (unpaired) electrons. The number of hydrogen-bond acceptors (Lipinski definition) is 5. The summed E-state index contributed by atoms with van der Waals surface area (Å²) in [6.07, 6.45) is 0. The normalized spacial score (nSPS) is 12.3. The van der Waals surface area contributed by atoms with Gasteiger partial charge in [-0.3, -0.25) is 9.87 Å². The van der Waals surface area contributed by atoms with E-state index in [1.54, 1.807) is 0 Å². The first kappa shape index (κ1) is 16.2. The summed E-state index contributed by atoms with van der Waals surface area (Å²) in [6, 6.07) is 0. The number of hydrogen-bond donors (Lipinski definition) is 4. The summed E-state index contributed by atoms with van der Waals surface area (Å²) in [4.78, 5) is 0. The van der Waals surface area contributed by atoms with E-state index in [1.165, 1.54) is 6.92 Å². The first-order valence-electron chi connectivity index (χ1n) is 3.25. The van der Waals surface area contributed by atoms with Crippen LogP contribution in [0.15, 0.2) is 0 Å². The Balaban J connectivity index is 0. The molecule has 0 aliphatic carbocycles. The molecule has 0 aromatic heterocycles. The van der Waals surface area contributed by atoms with Crippen LogP contribution in [-0.4, -0.2) is 77.4 Å². The van der Waals surface area contributed by atoms with Crippen molar-refractivity contribution >= 4 is 39.7 Å². The molecule has 0 saturated carbocycles. The number of nitrogens with one attached hydrogen (secondary N) is 1. The molecule has 0 rings (SSSR count). The Hall–Kier alpha value is 0.790. The number of aliphatic hydroxyl groups excluding tert-OH is 2. The molecule has 0 saturated heterocycles. The van der Waals surface area contributed by atoms with Crippen LogP contribution >= 0.6 is 0 Å². The van der Waals surface area contributed by atoms with Crippen LogP contribution in [0.5, 0.6) is 0 Å². The van der Waals surface area contributed by atoms with Gasteiger partial charge in [-0.25, -0.2) is 0 Å². The summed E-state index contributed by atoms with van der Waals surface area (Å²) in [6.45, 7) is 0.593. The molecule has 0 fully saturated rings. The average molecular weight is 223 g/mol. The van der Waals surface area contributed by atoms with Gasteiger partial charge in [-0.1, -0.05) is 0 Å². The van der Waals surface area contributed by atoms with Gasteiger partial charge in [0.1, 0.15) is 5.88 Å². The van der Waals surface area contributed by atoms with Crippen molar-refractivity contribution in [3.05, 3.63) is 0 Å². The van der Waals surface area contributed by atoms with Gasteiger partial charge >= 0.3 is 29.6 Å². The van der Waals surface area contributed by atoms with Crippen molar-refractivity contribution in [3.8, 4) is 0 Å². The van der Waals surface area contributed by atoms with Crippen molar-refractivity contribution in [2.24, 2.45) is 0 Å². The summed E-state index contributed by atoms with van der Waals surface area (Å²) in [5.41, 5.74) is -1.09. The summed E-state index contributed by atoms with van der Waals surface area (Å²) in [5.74, 6) is -0.690. The average Bonchev–Trinajstić information content (AvgIpc) is 1.99. The maximum absolute atomic E-state index is 10.2. The second kappa shape index (κ2) is 6.31. The van der Waals surface area contributed by atoms with Crippen LogP contribution in [0.4, 0.5) is 0 Å². The summed E-state index contributed by atoms with van der Waals surface area (Å²) in [5, 5.41) is 19.7. The molecule has 0 aromatic rings. The van der Waals surface area contributed by atoms with Gasteiger partial charge in [-0.05, 0) is 6.92 Å². The SMILES string of the molecule is CC(CO)(CO)NCS(=O)(=O)O.[NaH]. The van der Waals surface area contributed by atoms with E-state index in [1.807, 2.05) is 0 Å². The Morgan fingerprint density at radius 1 is 1.31 bits per heavy atom. The predicted octanol–water partition coefficient (Wildman–Crippen LogP) is -2.48. The molecular weight excluding hydrogens is 209 g/mol. The van der Waals surface area contributed by atoms with Crippen molar-refractivity contribution in [1.82, 2.24) is 5.32 Å². The number of rotatable bonds is 5. The Morgan fingerprint density at radius 3 is 1.92 bits per heavy atom. The van der Waals surface area contributed by atoms with Gasteiger partial charge < -0.3 is 10.2 Å². The monoisotopic (exact) mass is 223 g/mol. The molecule has 0 bridgehead atoms. The molecule has 0 aromatic carbocycles. The van der Waals surface area contributed by atoms with E-state index >= 15 is 0 Å². The van der Waals surface area contributed by atoms with Crippen molar-refractivity contribution < 1.29 is 23.2 Å². The Kier molecular flexibility index (Phi) is 7.87. The predicted molar refractivity (Wildman–Crippen MR) is 49.3 cm³/mol. The Morgan fingerprint density at radius 2 is 1.69 bits per heavy atom. The standard InChI is InChI=1S/C5H13NO5S.Na.H/c1-5(2-7,3-8)6-4-12(9,10)11;;/h6-8H,2-4H2,1H3,(H,9,10,11);;. The summed E-state index contributed by atoms with van der Waals surface area (Å²) >= 11 is 0. The first-order valence-corrected chi connectivity index (χ1v) is 4.86. The van der Waals surface area contributed by atoms with E-state index in [9.17, 15) is 8.42 Å². The third-order valence-electron chi connectivity index (χ3n) is 1.38. The second-order valence-corrected chi connectivity index (χ2v) is 4.23. The zero-order chi connectivity index (χ0) is 9.83. The van der Waals surface area contributed by atoms with E-state index in [0.717, 1.165) is 0 Å². The Labute approximate surface area is 99.4 Å². The topological polar surface area (TPSA) is 107 Å². The minimum absolute atomic E-state index is 0. The van der Waals surface area contributed by atoms with Crippen LogP contribution < -0.4 is 5.32 Å². The molecule has 4 N–H and O–H groups in total. The fraction of sp³-hybridized carbons (Fsp3) is 1.00. The third kappa shape index (κ3) is 7.83. The fourth-order valence-electron chi connectivity index (χ4n) is 0.427. The zero-order valence-electron chi connectivity index (χ0n) is 6.69. The van der Waals surface area contributed by atoms with Gasteiger partial charge in [0.2, 0.25) is 0 Å². The molecule has 0 aliphatic rings. The molecule has 76 valence electrons. The van der Waals surface area contributed by atoms with Crippen LogP contribution in [0.2, 0.25) is 0 Å². The van der Waals surface area contributed by atoms with Crippen LogP contribution in [0.25, 0.3) is 0 Å². The molecule has 0 spiro atoms. The quantitative estimate of drug-likeness (QED) is 0.303. The second-order valence-electron chi connectivity index (χ2n) is 2.78. The zero-order valence-corrected chi connectivity index (χ0v) is 7.50. The summed E-state index contributed by atoms with van der Waals surface area (Å²) in [7, 11) is -4.11. The molecule has 0 heterocycles. The van der Waals surface area contributed by atoms with E-state index in [2.05, 4.69) is 5.32 Å². The molecule has 0 unspecified atom stereocenters. The van der Waals surface area contributed by atoms with Gasteiger partial charge in [0.05, 0.1) is 18.8 Å². The van der Waals surface area contributed by atoms with Crippen LogP contribution in [0.1, 0.15) is 6.92 Å². The molecule has 13 heavy (non-hydrogen) atoms. The molecule has 0 amide bonds. The van der Waals surface area contributed by atoms with Gasteiger partial charge in [-0.2, -0.15) is 8.42 Å². The molecule has 0 aliphatic heterocycles. The molecule has 0 atom stereocenters.